The van der Waals surface area contributed by atoms with Crippen molar-refractivity contribution in [2.75, 3.05) is 21.3 Å². The van der Waals surface area contributed by atoms with Crippen LogP contribution < -0.4 is 14.2 Å². The van der Waals surface area contributed by atoms with Crippen LogP contribution in [0.2, 0.25) is 0 Å². The summed E-state index contributed by atoms with van der Waals surface area (Å²) in [6, 6.07) is 7.31. The minimum atomic E-state index is -0.0650. The van der Waals surface area contributed by atoms with Crippen LogP contribution in [-0.4, -0.2) is 27.1 Å². The summed E-state index contributed by atoms with van der Waals surface area (Å²) in [6.45, 7) is 5.98. The third kappa shape index (κ3) is 3.16. The molecule has 0 heterocycles. The van der Waals surface area contributed by atoms with Gasteiger partial charge in [0, 0.05) is 11.1 Å². The molecule has 0 saturated heterocycles. The molecule has 2 aromatic rings. The van der Waals surface area contributed by atoms with Crippen molar-refractivity contribution in [3.63, 3.8) is 0 Å². The van der Waals surface area contributed by atoms with Crippen molar-refractivity contribution in [1.82, 2.24) is 0 Å². The molecule has 4 heteroatoms. The third-order valence-corrected chi connectivity index (χ3v) is 4.01. The Morgan fingerprint density at radius 3 is 1.74 bits per heavy atom. The normalized spacial score (nSPS) is 10.3. The van der Waals surface area contributed by atoms with E-state index in [1.165, 1.54) is 26.9 Å². The van der Waals surface area contributed by atoms with Crippen LogP contribution in [0.3, 0.4) is 0 Å². The molecular formula is C19H22O4. The maximum absolute atomic E-state index is 12.9. The summed E-state index contributed by atoms with van der Waals surface area (Å²) in [4.78, 5) is 12.9. The monoisotopic (exact) mass is 314 g/mol. The highest BCUT2D eigenvalue weighted by Gasteiger charge is 2.19. The van der Waals surface area contributed by atoms with E-state index >= 15 is 0 Å². The minimum absolute atomic E-state index is 0.0650. The number of hydrogen-bond acceptors (Lipinski definition) is 4. The van der Waals surface area contributed by atoms with Gasteiger partial charge in [-0.25, -0.2) is 0 Å². The Bertz CT molecular complexity index is 722. The fraction of sp³-hybridized carbons (Fsp3) is 0.316. The van der Waals surface area contributed by atoms with E-state index in [4.69, 9.17) is 14.2 Å². The van der Waals surface area contributed by atoms with E-state index in [9.17, 15) is 4.79 Å². The van der Waals surface area contributed by atoms with Gasteiger partial charge in [0.25, 0.3) is 0 Å². The van der Waals surface area contributed by atoms with Crippen LogP contribution in [-0.2, 0) is 0 Å². The molecule has 0 atom stereocenters. The summed E-state index contributed by atoms with van der Waals surface area (Å²) < 4.78 is 15.9. The second-order valence-electron chi connectivity index (χ2n) is 5.49. The second kappa shape index (κ2) is 6.73. The third-order valence-electron chi connectivity index (χ3n) is 4.01. The second-order valence-corrected chi connectivity index (χ2v) is 5.49. The van der Waals surface area contributed by atoms with Gasteiger partial charge >= 0.3 is 0 Å². The van der Waals surface area contributed by atoms with E-state index in [1.807, 2.05) is 32.9 Å². The quantitative estimate of drug-likeness (QED) is 0.786. The molecule has 0 spiro atoms. The van der Waals surface area contributed by atoms with Crippen LogP contribution in [0.4, 0.5) is 0 Å². The molecule has 0 N–H and O–H groups in total. The van der Waals surface area contributed by atoms with Gasteiger partial charge in [-0.3, -0.25) is 4.79 Å². The Kier molecular flexibility index (Phi) is 4.94. The number of ketones is 1. The Labute approximate surface area is 137 Å². The predicted molar refractivity (Wildman–Crippen MR) is 90.2 cm³/mol. The Balaban J connectivity index is 2.58. The van der Waals surface area contributed by atoms with Crippen molar-refractivity contribution in [3.05, 3.63) is 52.1 Å². The van der Waals surface area contributed by atoms with Gasteiger partial charge in [-0.15, -0.1) is 0 Å². The van der Waals surface area contributed by atoms with Crippen LogP contribution in [0.15, 0.2) is 24.3 Å². The average molecular weight is 314 g/mol. The average Bonchev–Trinajstić information content (AvgIpc) is 2.55. The lowest BCUT2D eigenvalue weighted by Gasteiger charge is -2.15. The molecule has 122 valence electrons. The van der Waals surface area contributed by atoms with Gasteiger partial charge < -0.3 is 14.2 Å². The smallest absolute Gasteiger partial charge is 0.203 e. The maximum atomic E-state index is 12.9. The van der Waals surface area contributed by atoms with E-state index in [0.29, 0.717) is 28.4 Å². The summed E-state index contributed by atoms with van der Waals surface area (Å²) in [7, 11) is 4.61. The molecule has 0 aliphatic rings. The molecule has 23 heavy (non-hydrogen) atoms. The first-order chi connectivity index (χ1) is 10.9. The number of rotatable bonds is 5. The first kappa shape index (κ1) is 16.9. The lowest BCUT2D eigenvalue weighted by molar-refractivity contribution is 0.103. The Morgan fingerprint density at radius 1 is 0.739 bits per heavy atom. The fourth-order valence-corrected chi connectivity index (χ4v) is 2.57. The Morgan fingerprint density at radius 2 is 1.26 bits per heavy atom. The van der Waals surface area contributed by atoms with Gasteiger partial charge in [0.15, 0.2) is 17.3 Å². The van der Waals surface area contributed by atoms with Gasteiger partial charge in [-0.05, 0) is 55.7 Å². The van der Waals surface area contributed by atoms with Crippen molar-refractivity contribution in [3.8, 4) is 17.2 Å². The summed E-state index contributed by atoms with van der Waals surface area (Å²) in [5.41, 5.74) is 4.40. The molecule has 0 saturated carbocycles. The van der Waals surface area contributed by atoms with Crippen molar-refractivity contribution in [1.29, 1.82) is 0 Å². The summed E-state index contributed by atoms with van der Waals surface area (Å²) in [5.74, 6) is 1.35. The van der Waals surface area contributed by atoms with Gasteiger partial charge in [0.2, 0.25) is 5.75 Å². The van der Waals surface area contributed by atoms with Crippen LogP contribution in [0.5, 0.6) is 17.2 Å². The molecule has 0 fully saturated rings. The van der Waals surface area contributed by atoms with Gasteiger partial charge in [0.1, 0.15) is 0 Å². The summed E-state index contributed by atoms with van der Waals surface area (Å²) in [6.07, 6.45) is 0. The predicted octanol–water partition coefficient (Wildman–Crippen LogP) is 3.87. The van der Waals surface area contributed by atoms with Crippen molar-refractivity contribution in [2.45, 2.75) is 20.8 Å². The number of methoxy groups -OCH3 is 3. The number of aryl methyl sites for hydroxylation is 3. The molecule has 0 radical (unpaired) electrons. The van der Waals surface area contributed by atoms with Crippen molar-refractivity contribution < 1.29 is 19.0 Å². The number of hydrogen-bond donors (Lipinski definition) is 0. The number of benzene rings is 2. The molecule has 0 aliphatic heterocycles. The summed E-state index contributed by atoms with van der Waals surface area (Å²) >= 11 is 0. The first-order valence-electron chi connectivity index (χ1n) is 7.35. The van der Waals surface area contributed by atoms with Crippen LogP contribution in [0, 0.1) is 20.8 Å². The molecule has 0 unspecified atom stereocenters. The SMILES string of the molecule is COc1cc(C(=O)c2cc(C)c(C)cc2C)cc(OC)c1OC. The van der Waals surface area contributed by atoms with Crippen molar-refractivity contribution in [2.24, 2.45) is 0 Å². The van der Waals surface area contributed by atoms with E-state index < -0.39 is 0 Å². The van der Waals surface area contributed by atoms with Gasteiger partial charge in [-0.1, -0.05) is 6.07 Å². The Hall–Kier alpha value is -2.49. The van der Waals surface area contributed by atoms with Crippen LogP contribution in [0.25, 0.3) is 0 Å². The molecule has 0 bridgehead atoms. The van der Waals surface area contributed by atoms with E-state index in [-0.39, 0.29) is 5.78 Å². The number of carbonyl (C=O) groups is 1. The topological polar surface area (TPSA) is 44.8 Å². The molecule has 0 aliphatic carbocycles. The highest BCUT2D eigenvalue weighted by Crippen LogP contribution is 2.38. The van der Waals surface area contributed by atoms with E-state index in [0.717, 1.165) is 11.1 Å². The number of ether oxygens (including phenoxy) is 3. The summed E-state index contributed by atoms with van der Waals surface area (Å²) in [5, 5.41) is 0. The zero-order chi connectivity index (χ0) is 17.1. The molecule has 4 nitrogen and oxygen atoms in total. The first-order valence-corrected chi connectivity index (χ1v) is 7.35. The van der Waals surface area contributed by atoms with Crippen LogP contribution >= 0.6 is 0 Å². The molecular weight excluding hydrogens is 292 g/mol. The molecule has 0 aromatic heterocycles. The highest BCUT2D eigenvalue weighted by molar-refractivity contribution is 6.10. The lowest BCUT2D eigenvalue weighted by Crippen LogP contribution is -2.07. The highest BCUT2D eigenvalue weighted by atomic mass is 16.5. The van der Waals surface area contributed by atoms with Crippen LogP contribution in [0.1, 0.15) is 32.6 Å². The minimum Gasteiger partial charge on any atom is -0.493 e. The van der Waals surface area contributed by atoms with Gasteiger partial charge in [0.05, 0.1) is 21.3 Å². The standard InChI is InChI=1S/C19H22O4/c1-11-7-13(3)15(8-12(11)2)18(20)14-9-16(21-4)19(23-6)17(10-14)22-5/h7-10H,1-6H3. The van der Waals surface area contributed by atoms with E-state index in [2.05, 4.69) is 0 Å². The van der Waals surface area contributed by atoms with Crippen molar-refractivity contribution >= 4 is 5.78 Å². The lowest BCUT2D eigenvalue weighted by atomic mass is 9.94. The molecule has 2 aromatic carbocycles. The zero-order valence-electron chi connectivity index (χ0n) is 14.4. The van der Waals surface area contributed by atoms with Gasteiger partial charge in [-0.2, -0.15) is 0 Å². The number of carbonyl (C=O) groups excluding carboxylic acids is 1. The maximum Gasteiger partial charge on any atom is 0.203 e. The van der Waals surface area contributed by atoms with E-state index in [1.54, 1.807) is 12.1 Å². The molecule has 0 amide bonds. The largest absolute Gasteiger partial charge is 0.493 e. The zero-order valence-corrected chi connectivity index (χ0v) is 14.4. The molecule has 2 rings (SSSR count). The fourth-order valence-electron chi connectivity index (χ4n) is 2.57.